The number of nitrogens with zero attached hydrogens (tertiary/aromatic N) is 3. The van der Waals surface area contributed by atoms with Crippen molar-refractivity contribution in [3.05, 3.63) is 0 Å². The third-order valence-corrected chi connectivity index (χ3v) is 13.1. The number of hydrogen-bond donors (Lipinski definition) is 4. The number of carbonyl (C=O) groups is 2. The molecule has 0 aromatic rings. The molecule has 46 heavy (non-hydrogen) atoms. The number of aliphatic hydroxyl groups excluding tert-OH is 2. The summed E-state index contributed by atoms with van der Waals surface area (Å²) in [6.07, 6.45) is 3.55. The lowest BCUT2D eigenvalue weighted by Gasteiger charge is -2.38. The summed E-state index contributed by atoms with van der Waals surface area (Å²) in [5.41, 5.74) is 0. The van der Waals surface area contributed by atoms with Gasteiger partial charge in [0.25, 0.3) is 0 Å². The minimum atomic E-state index is -3.76. The van der Waals surface area contributed by atoms with Gasteiger partial charge in [0.15, 0.2) is 0 Å². The predicted octanol–water partition coefficient (Wildman–Crippen LogP) is 1.52. The highest BCUT2D eigenvalue weighted by Crippen LogP contribution is 2.36. The SMILES string of the molecule is CCCN(CCC)C(=O)C1CC(C(=O)NC(CC2CCC(O)CC2)C(O)CN(C)NS(=O)(=O)CC(C)C)CC(S(=O)(=O)N(C)C)C1. The zero-order valence-electron chi connectivity index (χ0n) is 29.0. The molecule has 4 N–H and O–H groups in total. The van der Waals surface area contributed by atoms with Crippen molar-refractivity contribution in [2.75, 3.05) is 46.5 Å². The van der Waals surface area contributed by atoms with Gasteiger partial charge in [-0.1, -0.05) is 27.7 Å². The highest BCUT2D eigenvalue weighted by Gasteiger charge is 2.44. The van der Waals surface area contributed by atoms with E-state index >= 15 is 0 Å². The van der Waals surface area contributed by atoms with Crippen molar-refractivity contribution in [2.24, 2.45) is 23.7 Å². The Hall–Kier alpha value is -1.36. The number of hydrogen-bond acceptors (Lipinski definition) is 9. The smallest absolute Gasteiger partial charge is 0.225 e. The first-order valence-electron chi connectivity index (χ1n) is 17.0. The Morgan fingerprint density at radius 3 is 1.98 bits per heavy atom. The number of likely N-dealkylation sites (N-methyl/N-ethyl adjacent to an activating group) is 1. The van der Waals surface area contributed by atoms with Gasteiger partial charge in [-0.15, -0.1) is 4.83 Å². The van der Waals surface area contributed by atoms with Gasteiger partial charge in [-0.25, -0.2) is 26.1 Å². The lowest BCUT2D eigenvalue weighted by molar-refractivity contribution is -0.138. The Kier molecular flexibility index (Phi) is 16.3. The van der Waals surface area contributed by atoms with Gasteiger partial charge in [0, 0.05) is 52.6 Å². The average Bonchev–Trinajstić information content (AvgIpc) is 2.95. The standard InChI is InChI=1S/C31H61N5O8S2/c1-8-14-36(15-9-2)31(40)25-17-24(18-27(19-25)46(43,44)34(5)6)30(39)32-28(16-23-10-12-26(37)13-11-23)29(38)20-35(7)33-45(41,42)21-22(3)4/h22-29,33,37-38H,8-21H2,1-7H3,(H,32,39). The summed E-state index contributed by atoms with van der Waals surface area (Å²) in [4.78, 5) is 31.9. The van der Waals surface area contributed by atoms with E-state index in [4.69, 9.17) is 0 Å². The largest absolute Gasteiger partial charge is 0.393 e. The van der Waals surface area contributed by atoms with Crippen molar-refractivity contribution in [2.45, 2.75) is 115 Å². The summed E-state index contributed by atoms with van der Waals surface area (Å²) < 4.78 is 52.8. The summed E-state index contributed by atoms with van der Waals surface area (Å²) in [7, 11) is -2.96. The summed E-state index contributed by atoms with van der Waals surface area (Å²) in [5, 5.41) is 24.8. The van der Waals surface area contributed by atoms with Crippen LogP contribution in [0.2, 0.25) is 0 Å². The van der Waals surface area contributed by atoms with Crippen molar-refractivity contribution >= 4 is 31.9 Å². The van der Waals surface area contributed by atoms with Crippen molar-refractivity contribution < 1.29 is 36.6 Å². The summed E-state index contributed by atoms with van der Waals surface area (Å²) >= 11 is 0. The maximum absolute atomic E-state index is 14.0. The molecule has 270 valence electrons. The molecule has 5 atom stereocenters. The highest BCUT2D eigenvalue weighted by molar-refractivity contribution is 7.89. The molecule has 0 heterocycles. The summed E-state index contributed by atoms with van der Waals surface area (Å²) in [6, 6.07) is -0.749. The minimum absolute atomic E-state index is 0.0605. The molecule has 2 aliphatic carbocycles. The maximum Gasteiger partial charge on any atom is 0.225 e. The Morgan fingerprint density at radius 2 is 1.46 bits per heavy atom. The molecule has 15 heteroatoms. The van der Waals surface area contributed by atoms with E-state index in [1.807, 2.05) is 13.8 Å². The number of carbonyl (C=O) groups excluding carboxylic acids is 2. The van der Waals surface area contributed by atoms with E-state index in [-0.39, 0.29) is 55.4 Å². The molecule has 0 bridgehead atoms. The van der Waals surface area contributed by atoms with Gasteiger partial charge in [-0.05, 0) is 76.0 Å². The molecule has 2 amide bonds. The molecule has 0 spiro atoms. The Balaban J connectivity index is 2.31. The molecule has 2 saturated carbocycles. The second-order valence-electron chi connectivity index (χ2n) is 14.1. The molecular formula is C31H61N5O8S2. The van der Waals surface area contributed by atoms with Crippen LogP contribution < -0.4 is 10.1 Å². The number of rotatable bonds is 18. The van der Waals surface area contributed by atoms with E-state index < -0.39 is 55.2 Å². The molecule has 2 rings (SSSR count). The first-order chi connectivity index (χ1) is 21.4. The molecule has 5 unspecified atom stereocenters. The van der Waals surface area contributed by atoms with Gasteiger partial charge in [-0.2, -0.15) is 0 Å². The number of nitrogens with one attached hydrogen (secondary N) is 2. The van der Waals surface area contributed by atoms with Crippen LogP contribution in [-0.4, -0.2) is 123 Å². The first kappa shape index (κ1) is 40.8. The van der Waals surface area contributed by atoms with E-state index in [0.29, 0.717) is 32.4 Å². The van der Waals surface area contributed by atoms with E-state index in [1.54, 1.807) is 18.7 Å². The van der Waals surface area contributed by atoms with E-state index in [0.717, 1.165) is 30.0 Å². The van der Waals surface area contributed by atoms with E-state index in [2.05, 4.69) is 10.1 Å². The fourth-order valence-corrected chi connectivity index (χ4v) is 9.91. The molecule has 2 aliphatic rings. The Labute approximate surface area is 277 Å². The van der Waals surface area contributed by atoms with Gasteiger partial charge in [0.2, 0.25) is 31.9 Å². The van der Waals surface area contributed by atoms with Crippen LogP contribution in [0.1, 0.15) is 91.9 Å². The summed E-state index contributed by atoms with van der Waals surface area (Å²) in [6.45, 7) is 8.58. The monoisotopic (exact) mass is 695 g/mol. The Morgan fingerprint density at radius 1 is 0.891 bits per heavy atom. The van der Waals surface area contributed by atoms with Crippen LogP contribution in [0.25, 0.3) is 0 Å². The van der Waals surface area contributed by atoms with Gasteiger partial charge >= 0.3 is 0 Å². The van der Waals surface area contributed by atoms with Gasteiger partial charge in [-0.3, -0.25) is 9.59 Å². The van der Waals surface area contributed by atoms with Crippen LogP contribution in [0.15, 0.2) is 0 Å². The van der Waals surface area contributed by atoms with Crippen molar-refractivity contribution in [1.29, 1.82) is 0 Å². The summed E-state index contributed by atoms with van der Waals surface area (Å²) in [5.74, 6) is -1.99. The van der Waals surface area contributed by atoms with Crippen molar-refractivity contribution in [3.8, 4) is 0 Å². The minimum Gasteiger partial charge on any atom is -0.393 e. The zero-order valence-corrected chi connectivity index (χ0v) is 30.7. The van der Waals surface area contributed by atoms with Crippen LogP contribution in [0.5, 0.6) is 0 Å². The molecular weight excluding hydrogens is 635 g/mol. The fraction of sp³-hybridized carbons (Fsp3) is 0.935. The molecule has 13 nitrogen and oxygen atoms in total. The number of aliphatic hydroxyl groups is 2. The quantitative estimate of drug-likeness (QED) is 0.155. The highest BCUT2D eigenvalue weighted by atomic mass is 32.2. The molecule has 0 aromatic heterocycles. The number of hydrazine groups is 1. The second-order valence-corrected chi connectivity index (χ2v) is 18.3. The lowest BCUT2D eigenvalue weighted by Crippen LogP contribution is -2.54. The predicted molar refractivity (Wildman–Crippen MR) is 179 cm³/mol. The Bertz CT molecular complexity index is 1170. The molecule has 0 saturated heterocycles. The van der Waals surface area contributed by atoms with Gasteiger partial charge < -0.3 is 20.4 Å². The normalized spacial score (nSPS) is 25.9. The average molecular weight is 696 g/mol. The van der Waals surface area contributed by atoms with Gasteiger partial charge in [0.05, 0.1) is 29.3 Å². The van der Waals surface area contributed by atoms with Gasteiger partial charge in [0.1, 0.15) is 0 Å². The number of sulfonamides is 2. The van der Waals surface area contributed by atoms with Crippen LogP contribution >= 0.6 is 0 Å². The second kappa shape index (κ2) is 18.4. The van der Waals surface area contributed by atoms with E-state index in [1.165, 1.54) is 26.2 Å². The van der Waals surface area contributed by atoms with Crippen LogP contribution in [0.4, 0.5) is 0 Å². The molecule has 0 aromatic carbocycles. The molecule has 0 radical (unpaired) electrons. The first-order valence-corrected chi connectivity index (χ1v) is 20.1. The van der Waals surface area contributed by atoms with Crippen molar-refractivity contribution in [3.63, 3.8) is 0 Å². The molecule has 2 fully saturated rings. The third kappa shape index (κ3) is 12.6. The molecule has 0 aliphatic heterocycles. The van der Waals surface area contributed by atoms with E-state index in [9.17, 15) is 36.6 Å². The third-order valence-electron chi connectivity index (χ3n) is 9.12. The number of amides is 2. The van der Waals surface area contributed by atoms with Crippen LogP contribution in [-0.2, 0) is 29.6 Å². The fourth-order valence-electron chi connectivity index (χ4n) is 6.87. The van der Waals surface area contributed by atoms with Crippen LogP contribution in [0, 0.1) is 23.7 Å². The lowest BCUT2D eigenvalue weighted by atomic mass is 9.79. The zero-order chi connectivity index (χ0) is 34.8. The van der Waals surface area contributed by atoms with Crippen LogP contribution in [0.3, 0.4) is 0 Å². The maximum atomic E-state index is 14.0. The van der Waals surface area contributed by atoms with Crippen molar-refractivity contribution in [1.82, 2.24) is 24.4 Å². The topological polar surface area (TPSA) is 177 Å².